The maximum atomic E-state index is 16.3. The van der Waals surface area contributed by atoms with Crippen LogP contribution in [0.4, 0.5) is 14.5 Å². The Hall–Kier alpha value is -5.04. The Morgan fingerprint density at radius 1 is 1.00 bits per heavy atom. The van der Waals surface area contributed by atoms with Gasteiger partial charge in [0.25, 0.3) is 0 Å². The van der Waals surface area contributed by atoms with Crippen molar-refractivity contribution >= 4 is 43.5 Å². The van der Waals surface area contributed by atoms with Gasteiger partial charge in [-0.25, -0.2) is 27.2 Å². The summed E-state index contributed by atoms with van der Waals surface area (Å²) in [7, 11) is -3.23. The molecule has 240 valence electrons. The summed E-state index contributed by atoms with van der Waals surface area (Å²) in [6, 6.07) is 11.2. The van der Waals surface area contributed by atoms with Gasteiger partial charge in [0.2, 0.25) is 5.91 Å². The zero-order valence-electron chi connectivity index (χ0n) is 25.5. The molecule has 3 N–H and O–H groups in total. The van der Waals surface area contributed by atoms with Crippen LogP contribution in [0.2, 0.25) is 0 Å². The fraction of sp³-hybridized carbons (Fsp3) is 0.265. The molecule has 7 rings (SSSR count). The zero-order valence-corrected chi connectivity index (χ0v) is 26.3. The van der Waals surface area contributed by atoms with E-state index in [2.05, 4.69) is 35.5 Å². The van der Waals surface area contributed by atoms with Gasteiger partial charge in [0.1, 0.15) is 27.2 Å². The number of pyridine rings is 2. The fourth-order valence-corrected chi connectivity index (χ4v) is 6.86. The Balaban J connectivity index is 1.24. The molecule has 47 heavy (non-hydrogen) atoms. The van der Waals surface area contributed by atoms with Crippen LogP contribution >= 0.6 is 0 Å². The topological polar surface area (TPSA) is 146 Å². The van der Waals surface area contributed by atoms with Crippen LogP contribution in [0.15, 0.2) is 61.1 Å². The van der Waals surface area contributed by atoms with Crippen LogP contribution in [0.25, 0.3) is 55.8 Å². The molecule has 0 aliphatic heterocycles. The van der Waals surface area contributed by atoms with Gasteiger partial charge in [-0.3, -0.25) is 14.9 Å². The average Bonchev–Trinajstić information content (AvgIpc) is 3.69. The Morgan fingerprint density at radius 3 is 2.64 bits per heavy atom. The first-order valence-electron chi connectivity index (χ1n) is 15.4. The van der Waals surface area contributed by atoms with Crippen molar-refractivity contribution in [2.75, 3.05) is 17.3 Å². The van der Waals surface area contributed by atoms with Crippen molar-refractivity contribution in [3.8, 4) is 33.8 Å². The van der Waals surface area contributed by atoms with Crippen molar-refractivity contribution in [3.05, 3.63) is 78.3 Å². The monoisotopic (exact) mass is 655 g/mol. The van der Waals surface area contributed by atoms with E-state index in [-0.39, 0.29) is 46.5 Å². The molecule has 0 radical (unpaired) electrons. The van der Waals surface area contributed by atoms with Crippen LogP contribution in [-0.4, -0.2) is 56.5 Å². The Labute approximate surface area is 269 Å². The number of carbonyl (C=O) groups is 1. The number of aromatic amines is 2. The molecule has 0 spiro atoms. The van der Waals surface area contributed by atoms with E-state index < -0.39 is 21.5 Å². The predicted molar refractivity (Wildman–Crippen MR) is 176 cm³/mol. The molecule has 10 nitrogen and oxygen atoms in total. The number of H-pyrrole nitrogens is 2. The summed E-state index contributed by atoms with van der Waals surface area (Å²) in [5.41, 5.74) is 4.39. The number of sulfone groups is 1. The second-order valence-electron chi connectivity index (χ2n) is 12.1. The molecule has 0 saturated heterocycles. The quantitative estimate of drug-likeness (QED) is 0.167. The minimum atomic E-state index is -3.23. The van der Waals surface area contributed by atoms with Crippen molar-refractivity contribution < 1.29 is 22.0 Å². The van der Waals surface area contributed by atoms with Gasteiger partial charge < -0.3 is 10.3 Å². The summed E-state index contributed by atoms with van der Waals surface area (Å²) in [6.45, 7) is 0. The molecule has 1 saturated carbocycles. The molecule has 1 aliphatic rings. The van der Waals surface area contributed by atoms with Gasteiger partial charge in [-0.05, 0) is 66.8 Å². The zero-order chi connectivity index (χ0) is 32.7. The van der Waals surface area contributed by atoms with E-state index in [4.69, 9.17) is 0 Å². The maximum Gasteiger partial charge on any atom is 0.227 e. The minimum absolute atomic E-state index is 0.0318. The smallest absolute Gasteiger partial charge is 0.227 e. The number of aryl methyl sites for hydroxylation is 1. The average molecular weight is 656 g/mol. The van der Waals surface area contributed by atoms with Crippen molar-refractivity contribution in [1.82, 2.24) is 30.1 Å². The lowest BCUT2D eigenvalue weighted by atomic mass is 9.88. The van der Waals surface area contributed by atoms with Crippen molar-refractivity contribution in [2.24, 2.45) is 5.92 Å². The molecule has 1 fully saturated rings. The van der Waals surface area contributed by atoms with E-state index in [0.29, 0.717) is 44.6 Å². The minimum Gasteiger partial charge on any atom is -0.335 e. The first kappa shape index (κ1) is 30.6. The molecule has 6 aromatic rings. The first-order chi connectivity index (χ1) is 22.6. The van der Waals surface area contributed by atoms with Gasteiger partial charge in [0, 0.05) is 41.3 Å². The highest BCUT2D eigenvalue weighted by Crippen LogP contribution is 2.36. The summed E-state index contributed by atoms with van der Waals surface area (Å²) in [5, 5.41) is 10.4. The van der Waals surface area contributed by atoms with Crippen LogP contribution in [0, 0.1) is 17.6 Å². The molecular formula is C34H31F2N7O3S. The van der Waals surface area contributed by atoms with Gasteiger partial charge in [-0.15, -0.1) is 0 Å². The highest BCUT2D eigenvalue weighted by Gasteiger charge is 2.23. The second-order valence-corrected chi connectivity index (χ2v) is 14.3. The van der Waals surface area contributed by atoms with Crippen molar-refractivity contribution in [2.45, 2.75) is 38.5 Å². The third-order valence-corrected chi connectivity index (χ3v) is 9.55. The molecule has 0 bridgehead atoms. The number of hydrogen-bond acceptors (Lipinski definition) is 7. The number of nitrogens with zero attached hydrogens (tertiary/aromatic N) is 4. The lowest BCUT2D eigenvalue weighted by molar-refractivity contribution is -0.120. The molecule has 4 heterocycles. The number of hydrogen-bond donors (Lipinski definition) is 3. The first-order valence-corrected chi connectivity index (χ1v) is 17.4. The summed E-state index contributed by atoms with van der Waals surface area (Å²) < 4.78 is 54.4. The van der Waals surface area contributed by atoms with Crippen LogP contribution in [0.3, 0.4) is 0 Å². The summed E-state index contributed by atoms with van der Waals surface area (Å²) >= 11 is 0. The van der Waals surface area contributed by atoms with Gasteiger partial charge in [0.15, 0.2) is 11.5 Å². The van der Waals surface area contributed by atoms with Crippen LogP contribution in [-0.2, 0) is 21.1 Å². The fourth-order valence-electron chi connectivity index (χ4n) is 6.25. The third kappa shape index (κ3) is 6.35. The SMILES string of the molecule is CS(=O)(=O)CCc1cc(F)cc(-c2ccnc3nc(-c4n[nH]c5ccc(-c6cncc(NC(=O)C7CCCCC7)c6)c(F)c45)[nH]c23)c1. The largest absolute Gasteiger partial charge is 0.335 e. The number of carbonyl (C=O) groups excluding carboxylic acids is 1. The molecule has 0 unspecified atom stereocenters. The van der Waals surface area contributed by atoms with Gasteiger partial charge >= 0.3 is 0 Å². The van der Waals surface area contributed by atoms with E-state index in [1.807, 2.05) is 0 Å². The Morgan fingerprint density at radius 2 is 1.83 bits per heavy atom. The van der Waals surface area contributed by atoms with Crippen LogP contribution in [0.1, 0.15) is 37.7 Å². The van der Waals surface area contributed by atoms with Gasteiger partial charge in [0.05, 0.1) is 34.1 Å². The number of fused-ring (bicyclic) bond motifs is 2. The third-order valence-electron chi connectivity index (χ3n) is 8.61. The number of imidazole rings is 1. The number of benzene rings is 2. The van der Waals surface area contributed by atoms with Crippen molar-refractivity contribution in [3.63, 3.8) is 0 Å². The second kappa shape index (κ2) is 12.3. The molecule has 0 atom stereocenters. The number of nitrogens with one attached hydrogen (secondary N) is 3. The molecule has 2 aromatic carbocycles. The summed E-state index contributed by atoms with van der Waals surface area (Å²) in [4.78, 5) is 29.2. The van der Waals surface area contributed by atoms with E-state index in [1.54, 1.807) is 42.7 Å². The number of rotatable bonds is 8. The highest BCUT2D eigenvalue weighted by atomic mass is 32.2. The number of aromatic nitrogens is 6. The predicted octanol–water partition coefficient (Wildman–Crippen LogP) is 6.61. The molecule has 13 heteroatoms. The standard InChI is InChI=1S/C34H31F2N7O3S/c1-47(45,46)12-10-19-13-21(15-23(35)14-19)26-9-11-38-32-30(26)40-33(41-32)31-28-27(42-43-31)8-7-25(29(28)36)22-16-24(18-37-17-22)39-34(44)20-5-3-2-4-6-20/h7-9,11,13-18,20H,2-6,10,12H2,1H3,(H,39,44)(H,42,43)(H,38,40,41). The maximum absolute atomic E-state index is 16.3. The normalized spacial score (nSPS) is 14.2. The lowest BCUT2D eigenvalue weighted by Crippen LogP contribution is -2.24. The van der Waals surface area contributed by atoms with Gasteiger partial charge in [-0.2, -0.15) is 5.10 Å². The van der Waals surface area contributed by atoms with Crippen LogP contribution < -0.4 is 5.32 Å². The van der Waals surface area contributed by atoms with Crippen molar-refractivity contribution in [1.29, 1.82) is 0 Å². The molecule has 1 amide bonds. The van der Waals surface area contributed by atoms with E-state index in [1.165, 1.54) is 18.3 Å². The summed E-state index contributed by atoms with van der Waals surface area (Å²) in [5.74, 6) is -0.976. The van der Waals surface area contributed by atoms with E-state index >= 15 is 4.39 Å². The molecule has 4 aromatic heterocycles. The van der Waals surface area contributed by atoms with Gasteiger partial charge in [-0.1, -0.05) is 25.3 Å². The van der Waals surface area contributed by atoms with E-state index in [9.17, 15) is 17.6 Å². The Bertz CT molecular complexity index is 2260. The van der Waals surface area contributed by atoms with Crippen LogP contribution in [0.5, 0.6) is 0 Å². The number of anilines is 1. The molecular weight excluding hydrogens is 624 g/mol. The summed E-state index contributed by atoms with van der Waals surface area (Å²) in [6.07, 6.45) is 10.9. The Kier molecular flexibility index (Phi) is 8.00. The highest BCUT2D eigenvalue weighted by molar-refractivity contribution is 7.90. The van der Waals surface area contributed by atoms with E-state index in [0.717, 1.165) is 38.4 Å². The number of halogens is 2. The lowest BCUT2D eigenvalue weighted by Gasteiger charge is -2.20. The number of amides is 1. The molecule has 1 aliphatic carbocycles.